The Morgan fingerprint density at radius 3 is 2.71 bits per heavy atom. The number of nitro groups is 1. The summed E-state index contributed by atoms with van der Waals surface area (Å²) in [6, 6.07) is 0. The summed E-state index contributed by atoms with van der Waals surface area (Å²) in [4.78, 5) is 25.6. The molecule has 1 unspecified atom stereocenters. The number of nitrogens with one attached hydrogen (secondary N) is 2. The van der Waals surface area contributed by atoms with Crippen molar-refractivity contribution < 1.29 is 23.5 Å². The molecule has 0 spiro atoms. The smallest absolute Gasteiger partial charge is 0.434 e. The van der Waals surface area contributed by atoms with E-state index in [4.69, 9.17) is 9.26 Å². The SMILES string of the molecule is CCCNP(=O)(NCCBr)OCCCCC(=O)OCc1cnc([N+](=O)[O-])n1C. The first kappa shape index (κ1) is 24.7. The van der Waals surface area contributed by atoms with Crippen LogP contribution in [0.5, 0.6) is 0 Å². The lowest BCUT2D eigenvalue weighted by atomic mass is 10.2. The number of halogens is 1. The van der Waals surface area contributed by atoms with Crippen molar-refractivity contribution in [2.45, 2.75) is 39.2 Å². The van der Waals surface area contributed by atoms with E-state index in [1.165, 1.54) is 17.8 Å². The zero-order valence-corrected chi connectivity index (χ0v) is 18.5. The van der Waals surface area contributed by atoms with Crippen molar-refractivity contribution in [1.29, 1.82) is 0 Å². The average molecular weight is 484 g/mol. The first-order chi connectivity index (χ1) is 13.3. The third-order valence-corrected chi connectivity index (χ3v) is 5.86. The molecular formula is C15H27BrN5O6P. The number of hydrogen-bond donors (Lipinski definition) is 2. The fraction of sp³-hybridized carbons (Fsp3) is 0.733. The monoisotopic (exact) mass is 483 g/mol. The molecular weight excluding hydrogens is 457 g/mol. The van der Waals surface area contributed by atoms with Gasteiger partial charge in [0.15, 0.2) is 5.69 Å². The molecule has 1 atom stereocenters. The molecule has 0 fully saturated rings. The Hall–Kier alpha value is -1.33. The number of carbonyl (C=O) groups is 1. The zero-order chi connectivity index (χ0) is 21.0. The van der Waals surface area contributed by atoms with Gasteiger partial charge in [0.25, 0.3) is 0 Å². The van der Waals surface area contributed by atoms with Crippen LogP contribution in [0.4, 0.5) is 5.95 Å². The Bertz CT molecular complexity index is 674. The Balaban J connectivity index is 2.28. The predicted molar refractivity (Wildman–Crippen MR) is 107 cm³/mol. The molecule has 0 aliphatic rings. The lowest BCUT2D eigenvalue weighted by Gasteiger charge is -2.19. The van der Waals surface area contributed by atoms with Gasteiger partial charge in [-0.2, -0.15) is 0 Å². The van der Waals surface area contributed by atoms with Crippen LogP contribution >= 0.6 is 23.6 Å². The minimum Gasteiger partial charge on any atom is -0.458 e. The fourth-order valence-electron chi connectivity index (χ4n) is 2.12. The van der Waals surface area contributed by atoms with Gasteiger partial charge in [-0.15, -0.1) is 0 Å². The maximum atomic E-state index is 12.6. The van der Waals surface area contributed by atoms with Crippen LogP contribution < -0.4 is 10.2 Å². The highest BCUT2D eigenvalue weighted by atomic mass is 79.9. The van der Waals surface area contributed by atoms with Crippen LogP contribution in [0.25, 0.3) is 0 Å². The third-order valence-electron chi connectivity index (χ3n) is 3.64. The molecule has 0 aromatic carbocycles. The average Bonchev–Trinajstić information content (AvgIpc) is 3.03. The zero-order valence-electron chi connectivity index (χ0n) is 16.1. The summed E-state index contributed by atoms with van der Waals surface area (Å²) in [6.07, 6.45) is 3.36. The summed E-state index contributed by atoms with van der Waals surface area (Å²) in [5, 5.41) is 17.1. The van der Waals surface area contributed by atoms with Gasteiger partial charge >= 0.3 is 19.6 Å². The van der Waals surface area contributed by atoms with Crippen LogP contribution in [0, 0.1) is 10.1 Å². The van der Waals surface area contributed by atoms with Gasteiger partial charge in [0.2, 0.25) is 0 Å². The van der Waals surface area contributed by atoms with Gasteiger partial charge in [0.1, 0.15) is 12.8 Å². The van der Waals surface area contributed by atoms with Crippen molar-refractivity contribution in [3.05, 3.63) is 22.0 Å². The van der Waals surface area contributed by atoms with Crippen LogP contribution in [0.1, 0.15) is 38.3 Å². The van der Waals surface area contributed by atoms with E-state index < -0.39 is 18.6 Å². The normalized spacial score (nSPS) is 13.2. The summed E-state index contributed by atoms with van der Waals surface area (Å²) in [7, 11) is -1.61. The molecule has 2 N–H and O–H groups in total. The molecule has 0 aliphatic carbocycles. The fourth-order valence-corrected chi connectivity index (χ4v) is 4.23. The van der Waals surface area contributed by atoms with Gasteiger partial charge in [-0.05, 0) is 24.2 Å². The third kappa shape index (κ3) is 8.78. The molecule has 11 nitrogen and oxygen atoms in total. The number of hydrogen-bond acceptors (Lipinski definition) is 7. The highest BCUT2D eigenvalue weighted by Crippen LogP contribution is 2.37. The van der Waals surface area contributed by atoms with Gasteiger partial charge in [-0.25, -0.2) is 14.7 Å². The maximum absolute atomic E-state index is 12.6. The summed E-state index contributed by atoms with van der Waals surface area (Å²) < 4.78 is 24.4. The number of alkyl halides is 1. The van der Waals surface area contributed by atoms with Gasteiger partial charge in [-0.1, -0.05) is 27.8 Å². The topological polar surface area (TPSA) is 138 Å². The van der Waals surface area contributed by atoms with E-state index in [1.54, 1.807) is 0 Å². The second kappa shape index (κ2) is 13.0. The van der Waals surface area contributed by atoms with Gasteiger partial charge in [0.05, 0.1) is 13.7 Å². The molecule has 1 aromatic rings. The maximum Gasteiger partial charge on any atom is 0.434 e. The van der Waals surface area contributed by atoms with Crippen LogP contribution in [0.15, 0.2) is 6.20 Å². The molecule has 0 radical (unpaired) electrons. The molecule has 0 amide bonds. The molecule has 0 aliphatic heterocycles. The molecule has 1 rings (SSSR count). The Kier molecular flexibility index (Phi) is 11.5. The predicted octanol–water partition coefficient (Wildman–Crippen LogP) is 2.65. The number of esters is 1. The Labute approximate surface area is 172 Å². The van der Waals surface area contributed by atoms with Crippen molar-refractivity contribution >= 4 is 35.5 Å². The van der Waals surface area contributed by atoms with Gasteiger partial charge in [-0.3, -0.25) is 9.36 Å². The van der Waals surface area contributed by atoms with Crippen molar-refractivity contribution in [3.63, 3.8) is 0 Å². The van der Waals surface area contributed by atoms with Gasteiger partial charge < -0.3 is 19.4 Å². The van der Waals surface area contributed by atoms with Crippen molar-refractivity contribution in [1.82, 2.24) is 19.7 Å². The summed E-state index contributed by atoms with van der Waals surface area (Å²) in [6.45, 7) is 3.21. The molecule has 1 aromatic heterocycles. The molecule has 0 bridgehead atoms. The molecule has 1 heterocycles. The number of rotatable bonds is 15. The van der Waals surface area contributed by atoms with E-state index >= 15 is 0 Å². The quantitative estimate of drug-likeness (QED) is 0.0961. The van der Waals surface area contributed by atoms with E-state index in [1.807, 2.05) is 6.92 Å². The van der Waals surface area contributed by atoms with Crippen LogP contribution in [0.2, 0.25) is 0 Å². The second-order valence-corrected chi connectivity index (χ2v) is 8.66. The summed E-state index contributed by atoms with van der Waals surface area (Å²) in [5.74, 6) is -0.730. The standard InChI is InChI=1S/C15H27BrN5O6P/c1-3-8-18-28(25,19-9-7-16)27-10-5-4-6-14(22)26-12-13-11-17-15(20(13)2)21(23)24/h11H,3-10,12H2,1-2H3,(H2,18,19,25). The van der Waals surface area contributed by atoms with E-state index in [0.717, 1.165) is 6.42 Å². The molecule has 160 valence electrons. The first-order valence-electron chi connectivity index (χ1n) is 8.94. The van der Waals surface area contributed by atoms with Crippen LogP contribution in [-0.2, 0) is 32.3 Å². The molecule has 0 saturated carbocycles. The highest BCUT2D eigenvalue weighted by Gasteiger charge is 2.21. The minimum atomic E-state index is -3.09. The van der Waals surface area contributed by atoms with Crippen LogP contribution in [0.3, 0.4) is 0 Å². The summed E-state index contributed by atoms with van der Waals surface area (Å²) >= 11 is 3.27. The number of aromatic nitrogens is 2. The van der Waals surface area contributed by atoms with E-state index in [9.17, 15) is 19.5 Å². The lowest BCUT2D eigenvalue weighted by molar-refractivity contribution is -0.396. The number of ether oxygens (including phenoxy) is 1. The van der Waals surface area contributed by atoms with Crippen molar-refractivity contribution in [3.8, 4) is 0 Å². The van der Waals surface area contributed by atoms with Crippen molar-refractivity contribution in [2.75, 3.05) is 25.0 Å². The van der Waals surface area contributed by atoms with Gasteiger partial charge in [0, 0.05) is 24.8 Å². The van der Waals surface area contributed by atoms with E-state index in [2.05, 4.69) is 31.1 Å². The number of unbranched alkanes of at least 4 members (excludes halogenated alkanes) is 1. The molecule has 13 heteroatoms. The Morgan fingerprint density at radius 1 is 1.39 bits per heavy atom. The molecule has 0 saturated heterocycles. The van der Waals surface area contributed by atoms with E-state index in [0.29, 0.717) is 37.0 Å². The van der Waals surface area contributed by atoms with Crippen molar-refractivity contribution in [2.24, 2.45) is 7.05 Å². The lowest BCUT2D eigenvalue weighted by Crippen LogP contribution is -2.26. The number of nitrogens with zero attached hydrogens (tertiary/aromatic N) is 3. The second-order valence-electron chi connectivity index (χ2n) is 5.87. The largest absolute Gasteiger partial charge is 0.458 e. The first-order valence-corrected chi connectivity index (χ1v) is 11.7. The molecule has 28 heavy (non-hydrogen) atoms. The highest BCUT2D eigenvalue weighted by molar-refractivity contribution is 9.09. The van der Waals surface area contributed by atoms with Crippen LogP contribution in [-0.4, -0.2) is 45.5 Å². The number of imidazole rings is 1. The number of carbonyl (C=O) groups excluding carboxylic acids is 1. The minimum absolute atomic E-state index is 0.0841. The summed E-state index contributed by atoms with van der Waals surface area (Å²) in [5.41, 5.74) is 0.434. The van der Waals surface area contributed by atoms with E-state index in [-0.39, 0.29) is 25.6 Å². The Morgan fingerprint density at radius 2 is 2.11 bits per heavy atom.